The minimum absolute atomic E-state index is 0.00360. The quantitative estimate of drug-likeness (QED) is 0.320. The Morgan fingerprint density at radius 1 is 1.22 bits per heavy atom. The molecule has 0 radical (unpaired) electrons. The van der Waals surface area contributed by atoms with E-state index in [2.05, 4.69) is 20.2 Å². The van der Waals surface area contributed by atoms with Crippen LogP contribution in [0.2, 0.25) is 5.02 Å². The SMILES string of the molecule is COC[C@H]1CCN1C/C=C/C(=O)Cc1cc2c(Nc3ccc(F)c(Cl)c3)ncnc2cc1OCC1CC1. The van der Waals surface area contributed by atoms with Gasteiger partial charge in [0.25, 0.3) is 0 Å². The fourth-order valence-electron chi connectivity index (χ4n) is 4.39. The van der Waals surface area contributed by atoms with Gasteiger partial charge in [-0.2, -0.15) is 0 Å². The van der Waals surface area contributed by atoms with Crippen LogP contribution in [-0.4, -0.2) is 60.1 Å². The monoisotopic (exact) mass is 524 g/mol. The van der Waals surface area contributed by atoms with E-state index in [1.54, 1.807) is 19.3 Å². The van der Waals surface area contributed by atoms with Crippen molar-refractivity contribution in [2.75, 3.05) is 38.7 Å². The number of nitrogens with one attached hydrogen (secondary N) is 1. The van der Waals surface area contributed by atoms with Crippen LogP contribution in [0.4, 0.5) is 15.9 Å². The topological polar surface area (TPSA) is 76.6 Å². The predicted molar refractivity (Wildman–Crippen MR) is 142 cm³/mol. The second-order valence-electron chi connectivity index (χ2n) is 9.65. The lowest BCUT2D eigenvalue weighted by atomic mass is 10.0. The maximum atomic E-state index is 13.6. The fourth-order valence-corrected chi connectivity index (χ4v) is 4.57. The molecule has 0 amide bonds. The summed E-state index contributed by atoms with van der Waals surface area (Å²) in [6, 6.07) is 8.58. The summed E-state index contributed by atoms with van der Waals surface area (Å²) in [6.07, 6.45) is 8.69. The van der Waals surface area contributed by atoms with Crippen molar-refractivity contribution in [3.8, 4) is 5.75 Å². The highest BCUT2D eigenvalue weighted by Crippen LogP contribution is 2.34. The van der Waals surface area contributed by atoms with Crippen molar-refractivity contribution >= 4 is 39.8 Å². The van der Waals surface area contributed by atoms with Crippen molar-refractivity contribution in [1.29, 1.82) is 0 Å². The molecule has 2 aliphatic rings. The van der Waals surface area contributed by atoms with Crippen LogP contribution >= 0.6 is 11.6 Å². The number of nitrogens with zero attached hydrogens (tertiary/aromatic N) is 3. The number of ether oxygens (including phenoxy) is 2. The van der Waals surface area contributed by atoms with Crippen LogP contribution in [0.5, 0.6) is 5.75 Å². The second kappa shape index (κ2) is 11.5. The lowest BCUT2D eigenvalue weighted by Crippen LogP contribution is -2.49. The largest absolute Gasteiger partial charge is 0.493 e. The highest BCUT2D eigenvalue weighted by Gasteiger charge is 2.26. The van der Waals surface area contributed by atoms with Gasteiger partial charge in [0, 0.05) is 55.4 Å². The lowest BCUT2D eigenvalue weighted by molar-refractivity contribution is -0.114. The van der Waals surface area contributed by atoms with Gasteiger partial charge in [0.15, 0.2) is 5.78 Å². The average molecular weight is 525 g/mol. The molecule has 37 heavy (non-hydrogen) atoms. The third-order valence-corrected chi connectivity index (χ3v) is 7.09. The Morgan fingerprint density at radius 2 is 2.08 bits per heavy atom. The number of likely N-dealkylation sites (tertiary alicyclic amines) is 1. The standard InChI is InChI=1S/C28H30ClFN4O3/c1-36-16-21-8-10-34(21)9-2-3-22(35)11-19-12-23-26(14-27(19)37-15-18-4-5-18)31-17-32-28(23)33-20-6-7-25(30)24(29)13-20/h2-3,6-7,12-14,17-18,21H,4-5,8-11,15-16H2,1H3,(H,31,32,33)/b3-2+/t21-/m1/s1. The molecule has 2 heterocycles. The van der Waals surface area contributed by atoms with Gasteiger partial charge in [-0.25, -0.2) is 14.4 Å². The van der Waals surface area contributed by atoms with Crippen LogP contribution in [-0.2, 0) is 16.0 Å². The maximum Gasteiger partial charge on any atom is 0.159 e. The summed E-state index contributed by atoms with van der Waals surface area (Å²) in [5, 5.41) is 3.94. The molecule has 2 fully saturated rings. The van der Waals surface area contributed by atoms with Gasteiger partial charge in [0.1, 0.15) is 23.7 Å². The van der Waals surface area contributed by atoms with Crippen molar-refractivity contribution in [3.05, 3.63) is 65.2 Å². The highest BCUT2D eigenvalue weighted by atomic mass is 35.5. The number of benzene rings is 2. The number of carbonyl (C=O) groups excluding carboxylic acids is 1. The molecule has 1 N–H and O–H groups in total. The Balaban J connectivity index is 1.36. The zero-order valence-electron chi connectivity index (χ0n) is 20.8. The van der Waals surface area contributed by atoms with E-state index in [4.69, 9.17) is 21.1 Å². The Kier molecular flexibility index (Phi) is 7.98. The molecule has 1 saturated carbocycles. The van der Waals surface area contributed by atoms with Crippen LogP contribution < -0.4 is 10.1 Å². The van der Waals surface area contributed by atoms with Gasteiger partial charge in [0.2, 0.25) is 0 Å². The van der Waals surface area contributed by atoms with E-state index in [-0.39, 0.29) is 17.2 Å². The van der Waals surface area contributed by atoms with E-state index < -0.39 is 5.82 Å². The highest BCUT2D eigenvalue weighted by molar-refractivity contribution is 6.31. The first-order valence-electron chi connectivity index (χ1n) is 12.5. The molecule has 1 aliphatic carbocycles. The van der Waals surface area contributed by atoms with E-state index in [1.165, 1.54) is 31.3 Å². The molecule has 1 saturated heterocycles. The number of methoxy groups -OCH3 is 1. The first-order valence-corrected chi connectivity index (χ1v) is 12.9. The Bertz CT molecular complexity index is 1310. The molecule has 0 bridgehead atoms. The van der Waals surface area contributed by atoms with Crippen LogP contribution in [0, 0.1) is 11.7 Å². The third kappa shape index (κ3) is 6.44. The fraction of sp³-hybridized carbons (Fsp3) is 0.393. The summed E-state index contributed by atoms with van der Waals surface area (Å²) in [5.74, 6) is 1.28. The van der Waals surface area contributed by atoms with Crippen molar-refractivity contribution in [2.45, 2.75) is 31.7 Å². The summed E-state index contributed by atoms with van der Waals surface area (Å²) in [6.45, 7) is 3.09. The van der Waals surface area contributed by atoms with Crippen molar-refractivity contribution in [3.63, 3.8) is 0 Å². The summed E-state index contributed by atoms with van der Waals surface area (Å²) in [7, 11) is 1.71. The summed E-state index contributed by atoms with van der Waals surface area (Å²) in [4.78, 5) is 24.0. The van der Waals surface area contributed by atoms with Gasteiger partial charge in [-0.1, -0.05) is 17.7 Å². The smallest absolute Gasteiger partial charge is 0.159 e. The predicted octanol–water partition coefficient (Wildman–Crippen LogP) is 5.34. The van der Waals surface area contributed by atoms with Crippen LogP contribution in [0.3, 0.4) is 0 Å². The number of anilines is 2. The normalized spacial score (nSPS) is 17.8. The first-order chi connectivity index (χ1) is 18.0. The zero-order chi connectivity index (χ0) is 25.8. The van der Waals surface area contributed by atoms with Crippen molar-refractivity contribution < 1.29 is 18.7 Å². The van der Waals surface area contributed by atoms with Crippen molar-refractivity contribution in [2.24, 2.45) is 5.92 Å². The van der Waals surface area contributed by atoms with E-state index >= 15 is 0 Å². The van der Waals surface area contributed by atoms with E-state index in [0.29, 0.717) is 47.9 Å². The number of rotatable bonds is 12. The Labute approximate surface area is 220 Å². The van der Waals surface area contributed by atoms with Crippen LogP contribution in [0.15, 0.2) is 48.8 Å². The zero-order valence-corrected chi connectivity index (χ0v) is 21.5. The Hall–Kier alpha value is -3.07. The van der Waals surface area contributed by atoms with E-state index in [9.17, 15) is 9.18 Å². The average Bonchev–Trinajstić information content (AvgIpc) is 3.70. The molecule has 3 aromatic rings. The number of halogens is 2. The molecular weight excluding hydrogens is 495 g/mol. The third-order valence-electron chi connectivity index (χ3n) is 6.80. The van der Waals surface area contributed by atoms with Gasteiger partial charge in [-0.3, -0.25) is 9.69 Å². The number of hydrogen-bond donors (Lipinski definition) is 1. The van der Waals surface area contributed by atoms with Crippen molar-refractivity contribution in [1.82, 2.24) is 14.9 Å². The van der Waals surface area contributed by atoms with Gasteiger partial charge >= 0.3 is 0 Å². The van der Waals surface area contributed by atoms with E-state index in [0.717, 1.165) is 30.5 Å². The molecule has 0 unspecified atom stereocenters. The lowest BCUT2D eigenvalue weighted by Gasteiger charge is -2.39. The molecule has 2 aromatic carbocycles. The number of ketones is 1. The number of allylic oxidation sites excluding steroid dienone is 1. The summed E-state index contributed by atoms with van der Waals surface area (Å²) < 4.78 is 25.0. The second-order valence-corrected chi connectivity index (χ2v) is 10.1. The first kappa shape index (κ1) is 25.6. The van der Waals surface area contributed by atoms with Gasteiger partial charge < -0.3 is 14.8 Å². The van der Waals surface area contributed by atoms with Crippen LogP contribution in [0.25, 0.3) is 10.9 Å². The van der Waals surface area contributed by atoms with E-state index in [1.807, 2.05) is 18.2 Å². The minimum atomic E-state index is -0.491. The maximum absolute atomic E-state index is 13.6. The molecule has 1 aliphatic heterocycles. The number of fused-ring (bicyclic) bond motifs is 1. The minimum Gasteiger partial charge on any atom is -0.493 e. The molecule has 194 valence electrons. The van der Waals surface area contributed by atoms with Gasteiger partial charge in [0.05, 0.1) is 23.8 Å². The number of carbonyl (C=O) groups is 1. The molecule has 1 aromatic heterocycles. The number of aromatic nitrogens is 2. The van der Waals surface area contributed by atoms with Gasteiger partial charge in [-0.15, -0.1) is 0 Å². The molecule has 1 atom stereocenters. The molecule has 9 heteroatoms. The summed E-state index contributed by atoms with van der Waals surface area (Å²) in [5.41, 5.74) is 2.06. The molecule has 7 nitrogen and oxygen atoms in total. The molecule has 5 rings (SSSR count). The summed E-state index contributed by atoms with van der Waals surface area (Å²) >= 11 is 5.95. The van der Waals surface area contributed by atoms with Crippen LogP contribution in [0.1, 0.15) is 24.8 Å². The van der Waals surface area contributed by atoms with Gasteiger partial charge in [-0.05, 0) is 55.5 Å². The Morgan fingerprint density at radius 3 is 2.81 bits per heavy atom. The molecular formula is C28H30ClFN4O3. The molecule has 0 spiro atoms. The number of hydrogen-bond acceptors (Lipinski definition) is 7.